The monoisotopic (exact) mass is 535 g/mol. The Hall–Kier alpha value is -3.95. The van der Waals surface area contributed by atoms with Crippen molar-refractivity contribution in [2.75, 3.05) is 18.9 Å². The zero-order chi connectivity index (χ0) is 27.8. The van der Waals surface area contributed by atoms with E-state index in [4.69, 9.17) is 16.2 Å². The van der Waals surface area contributed by atoms with Crippen molar-refractivity contribution in [3.63, 3.8) is 0 Å². The van der Waals surface area contributed by atoms with Gasteiger partial charge in [0.2, 0.25) is 0 Å². The molecule has 1 unspecified atom stereocenters. The van der Waals surface area contributed by atoms with Crippen LogP contribution in [0.4, 0.5) is 32.2 Å². The number of anilines is 1. The number of hydrogen-bond donors (Lipinski definition) is 3. The first kappa shape index (κ1) is 27.6. The molecule has 1 aromatic carbocycles. The Bertz CT molecular complexity index is 1230. The number of rotatable bonds is 6. The van der Waals surface area contributed by atoms with E-state index in [1.54, 1.807) is 0 Å². The van der Waals surface area contributed by atoms with Crippen LogP contribution in [-0.4, -0.2) is 59.4 Å². The van der Waals surface area contributed by atoms with E-state index in [-0.39, 0.29) is 41.0 Å². The maximum Gasteiger partial charge on any atom is 0.490 e. The van der Waals surface area contributed by atoms with E-state index in [1.807, 2.05) is 0 Å². The molecule has 3 rings (SSSR count). The molecule has 0 spiro atoms. The van der Waals surface area contributed by atoms with Gasteiger partial charge in [0, 0.05) is 17.7 Å². The summed E-state index contributed by atoms with van der Waals surface area (Å²) < 4.78 is 89.4. The van der Waals surface area contributed by atoms with Gasteiger partial charge >= 0.3 is 23.9 Å². The maximum absolute atomic E-state index is 14.1. The molecule has 0 bridgehead atoms. The fourth-order valence-corrected chi connectivity index (χ4v) is 3.52. The van der Waals surface area contributed by atoms with E-state index in [0.29, 0.717) is 25.2 Å². The van der Waals surface area contributed by atoms with Gasteiger partial charge in [-0.2, -0.15) is 26.3 Å². The Morgan fingerprint density at radius 2 is 1.84 bits per heavy atom. The van der Waals surface area contributed by atoms with Crippen LogP contribution >= 0.6 is 0 Å². The van der Waals surface area contributed by atoms with Crippen LogP contribution in [0.3, 0.4) is 0 Å². The Labute approximate surface area is 204 Å². The predicted molar refractivity (Wildman–Crippen MR) is 112 cm³/mol. The zero-order valence-electron chi connectivity index (χ0n) is 18.9. The van der Waals surface area contributed by atoms with Crippen molar-refractivity contribution in [1.82, 2.24) is 15.3 Å². The summed E-state index contributed by atoms with van der Waals surface area (Å²) >= 11 is 0. The normalized spacial score (nSPS) is 17.6. The molecule has 200 valence electrons. The number of aryl methyl sites for hydroxylation is 1. The number of carbonyl (C=O) groups is 3. The Morgan fingerprint density at radius 3 is 2.38 bits per heavy atom. The summed E-state index contributed by atoms with van der Waals surface area (Å²) in [6, 6.07) is 1.90. The average molecular weight is 535 g/mol. The van der Waals surface area contributed by atoms with Gasteiger partial charge < -0.3 is 26.3 Å². The van der Waals surface area contributed by atoms with E-state index in [0.717, 1.165) is 12.3 Å². The molecule has 1 aromatic heterocycles. The highest BCUT2D eigenvalue weighted by molar-refractivity contribution is 5.97. The van der Waals surface area contributed by atoms with Gasteiger partial charge in [-0.05, 0) is 25.0 Å². The van der Waals surface area contributed by atoms with Gasteiger partial charge in [-0.3, -0.25) is 9.59 Å². The van der Waals surface area contributed by atoms with Gasteiger partial charge in [0.1, 0.15) is 0 Å². The number of amides is 2. The van der Waals surface area contributed by atoms with Gasteiger partial charge in [-0.25, -0.2) is 14.8 Å². The van der Waals surface area contributed by atoms with Crippen LogP contribution in [0.5, 0.6) is 0 Å². The van der Waals surface area contributed by atoms with E-state index in [2.05, 4.69) is 20.0 Å². The third-order valence-electron chi connectivity index (χ3n) is 5.42. The maximum atomic E-state index is 14.1. The SMILES string of the molecule is Cc1ccc(C(OC(=O)C(F)(F)F)(C(N)=O)C(F)(F)F)cc1-c1cnc(N)c(C(=O)N[C@H]2CCOC2)n1. The fraction of sp³-hybridized carbons (Fsp3) is 0.381. The van der Waals surface area contributed by atoms with Crippen molar-refractivity contribution in [3.8, 4) is 11.3 Å². The molecule has 1 aliphatic heterocycles. The lowest BCUT2D eigenvalue weighted by molar-refractivity contribution is -0.280. The summed E-state index contributed by atoms with van der Waals surface area (Å²) in [6.45, 7) is 2.05. The molecule has 2 atom stereocenters. The first-order valence-corrected chi connectivity index (χ1v) is 10.4. The van der Waals surface area contributed by atoms with E-state index in [9.17, 15) is 40.7 Å². The molecule has 0 saturated carbocycles. The number of alkyl halides is 6. The quantitative estimate of drug-likeness (QED) is 0.374. The van der Waals surface area contributed by atoms with Crippen molar-refractivity contribution in [2.24, 2.45) is 5.73 Å². The van der Waals surface area contributed by atoms with Crippen molar-refractivity contribution in [3.05, 3.63) is 41.2 Å². The number of nitrogen functional groups attached to an aromatic ring is 1. The number of primary amides is 1. The Balaban J connectivity index is 2.13. The summed E-state index contributed by atoms with van der Waals surface area (Å²) in [4.78, 5) is 43.9. The smallest absolute Gasteiger partial charge is 0.427 e. The van der Waals surface area contributed by atoms with Crippen LogP contribution in [0.15, 0.2) is 24.4 Å². The second-order valence-electron chi connectivity index (χ2n) is 7.98. The third-order valence-corrected chi connectivity index (χ3v) is 5.42. The molecule has 16 heteroatoms. The zero-order valence-corrected chi connectivity index (χ0v) is 18.9. The number of esters is 1. The Morgan fingerprint density at radius 1 is 1.16 bits per heavy atom. The van der Waals surface area contributed by atoms with Gasteiger partial charge in [0.15, 0.2) is 11.5 Å². The molecule has 1 aliphatic rings. The summed E-state index contributed by atoms with van der Waals surface area (Å²) in [5.41, 5.74) is 4.28. The van der Waals surface area contributed by atoms with Gasteiger partial charge in [0.05, 0.1) is 24.5 Å². The molecule has 1 fully saturated rings. The second kappa shape index (κ2) is 9.84. The van der Waals surface area contributed by atoms with Crippen LogP contribution in [0, 0.1) is 6.92 Å². The van der Waals surface area contributed by atoms with Crippen molar-refractivity contribution < 1.29 is 50.2 Å². The average Bonchev–Trinajstić information content (AvgIpc) is 3.29. The van der Waals surface area contributed by atoms with Gasteiger partial charge in [-0.15, -0.1) is 0 Å². The summed E-state index contributed by atoms with van der Waals surface area (Å²) in [5.74, 6) is -6.77. The third kappa shape index (κ3) is 5.42. The minimum atomic E-state index is -5.90. The van der Waals surface area contributed by atoms with Crippen LogP contribution in [-0.2, 0) is 24.7 Å². The molecular formula is C21H19F6N5O5. The van der Waals surface area contributed by atoms with Crippen LogP contribution in [0.1, 0.15) is 28.0 Å². The summed E-state index contributed by atoms with van der Waals surface area (Å²) in [7, 11) is 0. The van der Waals surface area contributed by atoms with Crippen molar-refractivity contribution in [2.45, 2.75) is 37.3 Å². The lowest BCUT2D eigenvalue weighted by atomic mass is 9.88. The molecule has 10 nitrogen and oxygen atoms in total. The van der Waals surface area contributed by atoms with Gasteiger partial charge in [0.25, 0.3) is 11.8 Å². The summed E-state index contributed by atoms with van der Waals surface area (Å²) in [6.07, 6.45) is -10.2. The molecule has 2 heterocycles. The summed E-state index contributed by atoms with van der Waals surface area (Å²) in [5, 5.41) is 2.62. The lowest BCUT2D eigenvalue weighted by Crippen LogP contribution is -2.57. The van der Waals surface area contributed by atoms with E-state index in [1.165, 1.54) is 6.92 Å². The number of hydrogen-bond acceptors (Lipinski definition) is 8. The standard InChI is InChI=1S/C21H19F6N5O5/c1-9-2-3-10(19(17(29)34,21(25,26)27)37-18(35)20(22,23)24)6-12(9)13-7-30-15(28)14(32-13)16(33)31-11-4-5-36-8-11/h2-3,6-7,11H,4-5,8H2,1H3,(H2,28,30)(H2,29,34)(H,31,33)/t11-,19?/m0/s1. The number of halogens is 6. The number of carbonyl (C=O) groups excluding carboxylic acids is 3. The van der Waals surface area contributed by atoms with Gasteiger partial charge in [-0.1, -0.05) is 12.1 Å². The molecule has 0 radical (unpaired) electrons. The molecule has 2 amide bonds. The first-order chi connectivity index (χ1) is 17.1. The molecule has 1 saturated heterocycles. The Kier molecular flexibility index (Phi) is 7.35. The highest BCUT2D eigenvalue weighted by atomic mass is 19.4. The molecule has 5 N–H and O–H groups in total. The number of nitrogens with zero attached hydrogens (tertiary/aromatic N) is 2. The minimum absolute atomic E-state index is 0.193. The van der Waals surface area contributed by atoms with Crippen LogP contribution in [0.25, 0.3) is 11.3 Å². The van der Waals surface area contributed by atoms with Crippen molar-refractivity contribution in [1.29, 1.82) is 0 Å². The molecular weight excluding hydrogens is 516 g/mol. The van der Waals surface area contributed by atoms with Crippen LogP contribution in [0.2, 0.25) is 0 Å². The number of aromatic nitrogens is 2. The number of nitrogens with one attached hydrogen (secondary N) is 1. The fourth-order valence-electron chi connectivity index (χ4n) is 3.52. The topological polar surface area (TPSA) is 160 Å². The molecule has 37 heavy (non-hydrogen) atoms. The molecule has 2 aromatic rings. The van der Waals surface area contributed by atoms with E-state index >= 15 is 0 Å². The number of nitrogens with two attached hydrogens (primary N) is 2. The highest BCUT2D eigenvalue weighted by Crippen LogP contribution is 2.44. The number of benzene rings is 1. The van der Waals surface area contributed by atoms with Crippen molar-refractivity contribution >= 4 is 23.6 Å². The largest absolute Gasteiger partial charge is 0.490 e. The van der Waals surface area contributed by atoms with Crippen LogP contribution < -0.4 is 16.8 Å². The van der Waals surface area contributed by atoms with E-state index < -0.39 is 41.3 Å². The lowest BCUT2D eigenvalue weighted by Gasteiger charge is -2.33. The molecule has 0 aliphatic carbocycles. The number of ether oxygens (including phenoxy) is 2. The highest BCUT2D eigenvalue weighted by Gasteiger charge is 2.66. The predicted octanol–water partition coefficient (Wildman–Crippen LogP) is 1.90. The minimum Gasteiger partial charge on any atom is -0.427 e. The second-order valence-corrected chi connectivity index (χ2v) is 7.98. The first-order valence-electron chi connectivity index (χ1n) is 10.4.